The number of ketones is 1. The lowest BCUT2D eigenvalue weighted by Crippen LogP contribution is -2.36. The summed E-state index contributed by atoms with van der Waals surface area (Å²) in [6, 6.07) is 11.4. The SMILES string of the molecule is COc1ccc(COC(=O)C2C(C)=NC3=C(C(=O)CCC3)[C@@H]2c2cccs2)cc1. The van der Waals surface area contributed by atoms with Gasteiger partial charge in [0.2, 0.25) is 0 Å². The van der Waals surface area contributed by atoms with Crippen LogP contribution in [0.3, 0.4) is 0 Å². The standard InChI is InChI=1S/C23H23NO4S/c1-14-20(23(26)28-13-15-8-10-16(27-2)11-9-15)22(19-7-4-12-29-19)21-17(24-14)5-3-6-18(21)25/h4,7-12,20,22H,3,5-6,13H2,1-2H3/t20?,22-/m1/s1. The Morgan fingerprint density at radius 3 is 2.69 bits per heavy atom. The predicted molar refractivity (Wildman–Crippen MR) is 112 cm³/mol. The van der Waals surface area contributed by atoms with Crippen molar-refractivity contribution >= 4 is 28.8 Å². The van der Waals surface area contributed by atoms with Crippen LogP contribution in [-0.2, 0) is 20.9 Å². The molecule has 0 saturated heterocycles. The number of esters is 1. The first-order valence-corrected chi connectivity index (χ1v) is 10.6. The number of carbonyl (C=O) groups excluding carboxylic acids is 2. The van der Waals surface area contributed by atoms with Gasteiger partial charge in [0.25, 0.3) is 0 Å². The summed E-state index contributed by atoms with van der Waals surface area (Å²) < 4.78 is 10.8. The van der Waals surface area contributed by atoms with Crippen molar-refractivity contribution in [3.8, 4) is 5.75 Å². The maximum Gasteiger partial charge on any atom is 0.316 e. The van der Waals surface area contributed by atoms with E-state index < -0.39 is 5.92 Å². The van der Waals surface area contributed by atoms with E-state index in [0.717, 1.165) is 40.4 Å². The van der Waals surface area contributed by atoms with Gasteiger partial charge in [-0.2, -0.15) is 0 Å². The molecule has 0 saturated carbocycles. The monoisotopic (exact) mass is 409 g/mol. The second-order valence-corrected chi connectivity index (χ2v) is 8.30. The van der Waals surface area contributed by atoms with Gasteiger partial charge in [0.15, 0.2) is 5.78 Å². The highest BCUT2D eigenvalue weighted by molar-refractivity contribution is 7.10. The first-order chi connectivity index (χ1) is 14.1. The van der Waals surface area contributed by atoms with Crippen LogP contribution in [0, 0.1) is 5.92 Å². The molecule has 1 aliphatic carbocycles. The summed E-state index contributed by atoms with van der Waals surface area (Å²) in [7, 11) is 1.61. The number of carbonyl (C=O) groups is 2. The molecule has 29 heavy (non-hydrogen) atoms. The lowest BCUT2D eigenvalue weighted by atomic mass is 9.74. The zero-order chi connectivity index (χ0) is 20.4. The number of thiophene rings is 1. The van der Waals surface area contributed by atoms with Crippen LogP contribution < -0.4 is 4.74 Å². The van der Waals surface area contributed by atoms with Crippen molar-refractivity contribution in [1.82, 2.24) is 0 Å². The largest absolute Gasteiger partial charge is 0.497 e. The molecule has 1 aromatic carbocycles. The number of rotatable bonds is 5. The van der Waals surface area contributed by atoms with Crippen LogP contribution in [0.4, 0.5) is 0 Å². The van der Waals surface area contributed by atoms with Crippen molar-refractivity contribution < 1.29 is 19.1 Å². The lowest BCUT2D eigenvalue weighted by molar-refractivity contribution is -0.147. The summed E-state index contributed by atoms with van der Waals surface area (Å²) in [6.07, 6.45) is 2.12. The lowest BCUT2D eigenvalue weighted by Gasteiger charge is -2.33. The molecule has 1 unspecified atom stereocenters. The van der Waals surface area contributed by atoms with Crippen molar-refractivity contribution in [2.45, 2.75) is 38.7 Å². The fraction of sp³-hybridized carbons (Fsp3) is 0.348. The molecule has 1 aliphatic heterocycles. The minimum Gasteiger partial charge on any atom is -0.497 e. The third-order valence-corrected chi connectivity index (χ3v) is 6.43. The molecule has 150 valence electrons. The molecule has 0 bridgehead atoms. The molecule has 0 fully saturated rings. The number of hydrogen-bond acceptors (Lipinski definition) is 6. The van der Waals surface area contributed by atoms with Crippen molar-refractivity contribution in [2.24, 2.45) is 10.9 Å². The molecule has 2 aromatic rings. The molecule has 2 heterocycles. The smallest absolute Gasteiger partial charge is 0.316 e. The number of methoxy groups -OCH3 is 1. The Morgan fingerprint density at radius 1 is 1.21 bits per heavy atom. The highest BCUT2D eigenvalue weighted by atomic mass is 32.1. The molecule has 4 rings (SSSR count). The van der Waals surface area contributed by atoms with Crippen LogP contribution in [0.1, 0.15) is 42.5 Å². The summed E-state index contributed by atoms with van der Waals surface area (Å²) >= 11 is 1.57. The zero-order valence-electron chi connectivity index (χ0n) is 16.5. The molecular weight excluding hydrogens is 386 g/mol. The number of ether oxygens (including phenoxy) is 2. The van der Waals surface area contributed by atoms with Crippen molar-refractivity contribution in [3.05, 3.63) is 63.5 Å². The summed E-state index contributed by atoms with van der Waals surface area (Å²) in [4.78, 5) is 31.6. The van der Waals surface area contributed by atoms with E-state index in [1.165, 1.54) is 0 Å². The third kappa shape index (κ3) is 3.90. The summed E-state index contributed by atoms with van der Waals surface area (Å²) in [5.74, 6) is -0.367. The fourth-order valence-electron chi connectivity index (χ4n) is 4.05. The van der Waals surface area contributed by atoms with Gasteiger partial charge >= 0.3 is 5.97 Å². The van der Waals surface area contributed by atoms with E-state index in [1.807, 2.05) is 48.7 Å². The first kappa shape index (κ1) is 19.6. The number of Topliss-reactive ketones (excluding diaryl/α,β-unsaturated/α-hetero) is 1. The Labute approximate surface area is 174 Å². The zero-order valence-corrected chi connectivity index (χ0v) is 17.3. The third-order valence-electron chi connectivity index (χ3n) is 5.48. The van der Waals surface area contributed by atoms with E-state index in [9.17, 15) is 9.59 Å². The number of allylic oxidation sites excluding steroid dienone is 2. The predicted octanol–water partition coefficient (Wildman–Crippen LogP) is 4.68. The summed E-state index contributed by atoms with van der Waals surface area (Å²) in [5, 5.41) is 1.98. The molecule has 5 nitrogen and oxygen atoms in total. The second kappa shape index (κ2) is 8.33. The number of aliphatic imine (C=N–C) groups is 1. The average molecular weight is 410 g/mol. The topological polar surface area (TPSA) is 65.0 Å². The van der Waals surface area contributed by atoms with Gasteiger partial charge in [-0.15, -0.1) is 11.3 Å². The highest BCUT2D eigenvalue weighted by Crippen LogP contribution is 2.44. The summed E-state index contributed by atoms with van der Waals surface area (Å²) in [5.41, 5.74) is 3.15. The van der Waals surface area contributed by atoms with E-state index in [-0.39, 0.29) is 24.3 Å². The van der Waals surface area contributed by atoms with Gasteiger partial charge in [0, 0.05) is 34.2 Å². The van der Waals surface area contributed by atoms with Gasteiger partial charge in [-0.1, -0.05) is 18.2 Å². The average Bonchev–Trinajstić information content (AvgIpc) is 3.26. The van der Waals surface area contributed by atoms with Crippen LogP contribution in [-0.4, -0.2) is 24.6 Å². The minimum absolute atomic E-state index is 0.105. The van der Waals surface area contributed by atoms with Gasteiger partial charge in [-0.3, -0.25) is 14.6 Å². The number of hydrogen-bond donors (Lipinski definition) is 0. The molecule has 2 aliphatic rings. The van der Waals surface area contributed by atoms with E-state index in [2.05, 4.69) is 4.99 Å². The van der Waals surface area contributed by atoms with Gasteiger partial charge in [0.05, 0.1) is 7.11 Å². The maximum absolute atomic E-state index is 13.1. The van der Waals surface area contributed by atoms with Gasteiger partial charge in [-0.25, -0.2) is 0 Å². The van der Waals surface area contributed by atoms with Crippen LogP contribution in [0.5, 0.6) is 5.75 Å². The van der Waals surface area contributed by atoms with E-state index in [4.69, 9.17) is 9.47 Å². The fourth-order valence-corrected chi connectivity index (χ4v) is 4.93. The highest BCUT2D eigenvalue weighted by Gasteiger charge is 2.43. The molecular formula is C23H23NO4S. The van der Waals surface area contributed by atoms with E-state index in [1.54, 1.807) is 18.4 Å². The van der Waals surface area contributed by atoms with Crippen LogP contribution in [0.2, 0.25) is 0 Å². The number of nitrogens with zero attached hydrogens (tertiary/aromatic N) is 1. The van der Waals surface area contributed by atoms with E-state index >= 15 is 0 Å². The second-order valence-electron chi connectivity index (χ2n) is 7.32. The minimum atomic E-state index is -0.576. The van der Waals surface area contributed by atoms with Gasteiger partial charge in [0.1, 0.15) is 18.3 Å². The molecule has 1 aromatic heterocycles. The Hall–Kier alpha value is -2.73. The maximum atomic E-state index is 13.1. The van der Waals surface area contributed by atoms with Crippen LogP contribution in [0.15, 0.2) is 58.0 Å². The summed E-state index contributed by atoms with van der Waals surface area (Å²) in [6.45, 7) is 2.03. The first-order valence-electron chi connectivity index (χ1n) is 9.73. The van der Waals surface area contributed by atoms with Crippen molar-refractivity contribution in [1.29, 1.82) is 0 Å². The van der Waals surface area contributed by atoms with Crippen molar-refractivity contribution in [2.75, 3.05) is 7.11 Å². The van der Waals surface area contributed by atoms with Crippen LogP contribution >= 0.6 is 11.3 Å². The van der Waals surface area contributed by atoms with Crippen LogP contribution in [0.25, 0.3) is 0 Å². The molecule has 2 atom stereocenters. The Morgan fingerprint density at radius 2 is 2.00 bits per heavy atom. The van der Waals surface area contributed by atoms with Crippen molar-refractivity contribution in [3.63, 3.8) is 0 Å². The molecule has 0 spiro atoms. The Balaban J connectivity index is 1.60. The van der Waals surface area contributed by atoms with E-state index in [0.29, 0.717) is 12.0 Å². The quantitative estimate of drug-likeness (QED) is 0.673. The normalized spacial score (nSPS) is 21.4. The van der Waals surface area contributed by atoms with Gasteiger partial charge < -0.3 is 9.47 Å². The molecule has 6 heteroatoms. The Kier molecular flexibility index (Phi) is 5.62. The molecule has 0 amide bonds. The van der Waals surface area contributed by atoms with Gasteiger partial charge in [-0.05, 0) is 48.9 Å². The number of benzene rings is 1. The molecule has 0 radical (unpaired) electrons. The molecule has 0 N–H and O–H groups in total. The Bertz CT molecular complexity index is 973.